The summed E-state index contributed by atoms with van der Waals surface area (Å²) in [6.45, 7) is 1.96. The van der Waals surface area contributed by atoms with E-state index in [0.717, 1.165) is 27.1 Å². The van der Waals surface area contributed by atoms with Crippen LogP contribution in [0.1, 0.15) is 5.56 Å². The molecule has 3 aromatic rings. The van der Waals surface area contributed by atoms with Crippen LogP contribution in [0, 0.1) is 6.92 Å². The first-order chi connectivity index (χ1) is 12.0. The first-order valence-corrected chi connectivity index (χ1v) is 9.46. The van der Waals surface area contributed by atoms with Gasteiger partial charge in [0, 0.05) is 22.8 Å². The van der Waals surface area contributed by atoms with Crippen LogP contribution in [-0.2, 0) is 11.8 Å². The summed E-state index contributed by atoms with van der Waals surface area (Å²) in [4.78, 5) is 12.2. The van der Waals surface area contributed by atoms with Gasteiger partial charge in [0.2, 0.25) is 5.91 Å². The fourth-order valence-electron chi connectivity index (χ4n) is 2.36. The lowest BCUT2D eigenvalue weighted by Crippen LogP contribution is -2.15. The Labute approximate surface area is 159 Å². The molecule has 0 bridgehead atoms. The van der Waals surface area contributed by atoms with E-state index in [-0.39, 0.29) is 11.7 Å². The van der Waals surface area contributed by atoms with E-state index in [1.54, 1.807) is 0 Å². The van der Waals surface area contributed by atoms with Crippen LogP contribution in [0.4, 0.5) is 5.69 Å². The van der Waals surface area contributed by atoms with E-state index in [1.165, 1.54) is 11.8 Å². The summed E-state index contributed by atoms with van der Waals surface area (Å²) in [5, 5.41) is 12.1. The SMILES string of the molecule is Cc1cc(Br)ccc1NC(=O)CSc1nnc(-c2ccccc2)n1C. The number of benzene rings is 2. The highest BCUT2D eigenvalue weighted by Crippen LogP contribution is 2.23. The molecule has 0 fully saturated rings. The summed E-state index contributed by atoms with van der Waals surface area (Å²) in [6.07, 6.45) is 0. The number of aromatic nitrogens is 3. The monoisotopic (exact) mass is 416 g/mol. The Kier molecular flexibility index (Phi) is 5.55. The fraction of sp³-hybridized carbons (Fsp3) is 0.167. The molecule has 1 heterocycles. The third kappa shape index (κ3) is 4.29. The van der Waals surface area contributed by atoms with Crippen LogP contribution >= 0.6 is 27.7 Å². The zero-order valence-corrected chi connectivity index (χ0v) is 16.3. The molecule has 0 saturated carbocycles. The quantitative estimate of drug-likeness (QED) is 0.630. The highest BCUT2D eigenvalue weighted by Gasteiger charge is 2.13. The minimum atomic E-state index is -0.0697. The largest absolute Gasteiger partial charge is 0.325 e. The van der Waals surface area contributed by atoms with Crippen molar-refractivity contribution in [3.63, 3.8) is 0 Å². The minimum Gasteiger partial charge on any atom is -0.325 e. The Hall–Kier alpha value is -2.12. The Morgan fingerprint density at radius 1 is 1.20 bits per heavy atom. The van der Waals surface area contributed by atoms with E-state index >= 15 is 0 Å². The summed E-state index contributed by atoms with van der Waals surface area (Å²) in [6, 6.07) is 15.6. The van der Waals surface area contributed by atoms with Gasteiger partial charge in [-0.2, -0.15) is 0 Å². The molecule has 0 aliphatic heterocycles. The maximum absolute atomic E-state index is 12.2. The van der Waals surface area contributed by atoms with Crippen molar-refractivity contribution >= 4 is 39.3 Å². The molecular weight excluding hydrogens is 400 g/mol. The molecule has 1 amide bonds. The van der Waals surface area contributed by atoms with Gasteiger partial charge in [0.05, 0.1) is 5.75 Å². The van der Waals surface area contributed by atoms with Gasteiger partial charge in [-0.15, -0.1) is 10.2 Å². The molecule has 0 radical (unpaired) electrons. The number of carbonyl (C=O) groups is 1. The zero-order valence-electron chi connectivity index (χ0n) is 13.9. The Balaban J connectivity index is 1.64. The Morgan fingerprint density at radius 3 is 2.68 bits per heavy atom. The van der Waals surface area contributed by atoms with Crippen LogP contribution in [0.25, 0.3) is 11.4 Å². The first kappa shape index (κ1) is 17.7. The number of rotatable bonds is 5. The van der Waals surface area contributed by atoms with Crippen LogP contribution < -0.4 is 5.32 Å². The standard InChI is InChI=1S/C18H17BrN4OS/c1-12-10-14(19)8-9-15(12)20-16(24)11-25-18-22-21-17(23(18)2)13-6-4-3-5-7-13/h3-10H,11H2,1-2H3,(H,20,24). The van der Waals surface area contributed by atoms with Crippen molar-refractivity contribution in [3.05, 3.63) is 58.6 Å². The number of anilines is 1. The van der Waals surface area contributed by atoms with E-state index in [0.29, 0.717) is 5.16 Å². The number of carbonyl (C=O) groups excluding carboxylic acids is 1. The number of thioether (sulfide) groups is 1. The van der Waals surface area contributed by atoms with Gasteiger partial charge in [-0.1, -0.05) is 58.0 Å². The minimum absolute atomic E-state index is 0.0697. The molecular formula is C18H17BrN4OS. The smallest absolute Gasteiger partial charge is 0.234 e. The van der Waals surface area contributed by atoms with Gasteiger partial charge in [-0.25, -0.2) is 0 Å². The topological polar surface area (TPSA) is 59.8 Å². The molecule has 1 aromatic heterocycles. The summed E-state index contributed by atoms with van der Waals surface area (Å²) in [5.74, 6) is 0.989. The van der Waals surface area contributed by atoms with E-state index in [4.69, 9.17) is 0 Å². The average Bonchev–Trinajstić information content (AvgIpc) is 2.97. The molecule has 0 atom stereocenters. The zero-order chi connectivity index (χ0) is 17.8. The summed E-state index contributed by atoms with van der Waals surface area (Å²) >= 11 is 4.79. The molecule has 0 unspecified atom stereocenters. The van der Waals surface area contributed by atoms with Gasteiger partial charge < -0.3 is 9.88 Å². The van der Waals surface area contributed by atoms with E-state index in [2.05, 4.69) is 31.4 Å². The van der Waals surface area contributed by atoms with Crippen molar-refractivity contribution in [2.75, 3.05) is 11.1 Å². The molecule has 0 aliphatic carbocycles. The molecule has 1 N–H and O–H groups in total. The lowest BCUT2D eigenvalue weighted by Gasteiger charge is -2.08. The molecule has 0 spiro atoms. The van der Waals surface area contributed by atoms with Gasteiger partial charge in [-0.05, 0) is 30.7 Å². The van der Waals surface area contributed by atoms with Gasteiger partial charge in [-0.3, -0.25) is 4.79 Å². The van der Waals surface area contributed by atoms with Crippen molar-refractivity contribution < 1.29 is 4.79 Å². The van der Waals surface area contributed by atoms with Crippen molar-refractivity contribution in [1.82, 2.24) is 14.8 Å². The van der Waals surface area contributed by atoms with Crippen molar-refractivity contribution in [3.8, 4) is 11.4 Å². The number of halogens is 1. The van der Waals surface area contributed by atoms with E-state index < -0.39 is 0 Å². The van der Waals surface area contributed by atoms with Gasteiger partial charge >= 0.3 is 0 Å². The molecule has 3 rings (SSSR count). The summed E-state index contributed by atoms with van der Waals surface area (Å²) in [5.41, 5.74) is 2.83. The summed E-state index contributed by atoms with van der Waals surface area (Å²) < 4.78 is 2.89. The molecule has 0 saturated heterocycles. The average molecular weight is 417 g/mol. The maximum atomic E-state index is 12.2. The second-order valence-corrected chi connectivity index (χ2v) is 7.39. The maximum Gasteiger partial charge on any atom is 0.234 e. The van der Waals surface area contributed by atoms with Crippen molar-refractivity contribution in [1.29, 1.82) is 0 Å². The first-order valence-electron chi connectivity index (χ1n) is 7.68. The van der Waals surface area contributed by atoms with Crippen LogP contribution in [0.15, 0.2) is 58.2 Å². The van der Waals surface area contributed by atoms with Crippen LogP contribution in [0.2, 0.25) is 0 Å². The fourth-order valence-corrected chi connectivity index (χ4v) is 3.55. The second kappa shape index (κ2) is 7.84. The lowest BCUT2D eigenvalue weighted by atomic mass is 10.2. The van der Waals surface area contributed by atoms with Crippen molar-refractivity contribution in [2.45, 2.75) is 12.1 Å². The predicted octanol–water partition coefficient (Wildman–Crippen LogP) is 4.28. The Morgan fingerprint density at radius 2 is 1.96 bits per heavy atom. The Bertz CT molecular complexity index is 895. The molecule has 5 nitrogen and oxygen atoms in total. The van der Waals surface area contributed by atoms with Gasteiger partial charge in [0.15, 0.2) is 11.0 Å². The molecule has 25 heavy (non-hydrogen) atoms. The number of amides is 1. The number of hydrogen-bond acceptors (Lipinski definition) is 4. The van der Waals surface area contributed by atoms with Crippen LogP contribution in [-0.4, -0.2) is 26.4 Å². The van der Waals surface area contributed by atoms with E-state index in [1.807, 2.05) is 67.1 Å². The number of nitrogens with zero attached hydrogens (tertiary/aromatic N) is 3. The molecule has 7 heteroatoms. The molecule has 0 aliphatic rings. The van der Waals surface area contributed by atoms with Gasteiger partial charge in [0.1, 0.15) is 0 Å². The van der Waals surface area contributed by atoms with E-state index in [9.17, 15) is 4.79 Å². The third-order valence-electron chi connectivity index (χ3n) is 3.66. The van der Waals surface area contributed by atoms with Crippen molar-refractivity contribution in [2.24, 2.45) is 7.05 Å². The molecule has 128 valence electrons. The van der Waals surface area contributed by atoms with Gasteiger partial charge in [0.25, 0.3) is 0 Å². The molecule has 2 aromatic carbocycles. The lowest BCUT2D eigenvalue weighted by molar-refractivity contribution is -0.113. The number of hydrogen-bond donors (Lipinski definition) is 1. The number of aryl methyl sites for hydroxylation is 1. The van der Waals surface area contributed by atoms with Crippen LogP contribution in [0.3, 0.4) is 0 Å². The third-order valence-corrected chi connectivity index (χ3v) is 5.18. The number of nitrogens with one attached hydrogen (secondary N) is 1. The normalized spacial score (nSPS) is 10.7. The predicted molar refractivity (Wildman–Crippen MR) is 105 cm³/mol. The van der Waals surface area contributed by atoms with Crippen LogP contribution in [0.5, 0.6) is 0 Å². The summed E-state index contributed by atoms with van der Waals surface area (Å²) in [7, 11) is 1.90. The highest BCUT2D eigenvalue weighted by molar-refractivity contribution is 9.10. The second-order valence-electron chi connectivity index (χ2n) is 5.53. The highest BCUT2D eigenvalue weighted by atomic mass is 79.9.